The maximum absolute atomic E-state index is 14.0. The lowest BCUT2D eigenvalue weighted by atomic mass is 9.87. The molecule has 4 aromatic rings. The van der Waals surface area contributed by atoms with Gasteiger partial charge in [0.15, 0.2) is 4.80 Å². The Labute approximate surface area is 237 Å². The maximum Gasteiger partial charge on any atom is 0.338 e. The van der Waals surface area contributed by atoms with Crippen LogP contribution in [-0.4, -0.2) is 24.3 Å². The predicted molar refractivity (Wildman–Crippen MR) is 159 cm³/mol. The summed E-state index contributed by atoms with van der Waals surface area (Å²) in [6.45, 7) is 8.48. The Bertz CT molecular complexity index is 1760. The average molecular weight is 553 g/mol. The predicted octanol–water partition coefficient (Wildman–Crippen LogP) is 5.24. The first-order valence-corrected chi connectivity index (χ1v) is 14.1. The number of aromatic nitrogens is 1. The van der Waals surface area contributed by atoms with Gasteiger partial charge in [-0.25, -0.2) is 9.79 Å². The summed E-state index contributed by atoms with van der Waals surface area (Å²) < 4.78 is 13.2. The van der Waals surface area contributed by atoms with Gasteiger partial charge in [-0.2, -0.15) is 0 Å². The SMILES string of the molecule is CCOC(=O)C1=C(c2ccccc2)N=c2s/c(=C\c3ccc(C(C)(C)C)cc3)c(=O)n2[C@H]1c1cccc(OC)c1. The monoisotopic (exact) mass is 552 g/mol. The second kappa shape index (κ2) is 11.1. The number of nitrogens with zero attached hydrogens (tertiary/aromatic N) is 2. The van der Waals surface area contributed by atoms with Gasteiger partial charge in [-0.1, -0.05) is 98.8 Å². The number of carbonyl (C=O) groups excluding carboxylic acids is 1. The Hall–Kier alpha value is -4.23. The second-order valence-corrected chi connectivity index (χ2v) is 11.6. The van der Waals surface area contributed by atoms with Crippen LogP contribution in [0.4, 0.5) is 0 Å². The molecule has 2 heterocycles. The highest BCUT2D eigenvalue weighted by Gasteiger charge is 2.35. The molecule has 0 radical (unpaired) electrons. The van der Waals surface area contributed by atoms with E-state index in [9.17, 15) is 9.59 Å². The number of carbonyl (C=O) groups is 1. The molecule has 1 atom stereocenters. The maximum atomic E-state index is 14.0. The summed E-state index contributed by atoms with van der Waals surface area (Å²) in [6, 6.07) is 24.4. The zero-order valence-electron chi connectivity index (χ0n) is 23.3. The number of hydrogen-bond donors (Lipinski definition) is 0. The van der Waals surface area contributed by atoms with Crippen molar-refractivity contribution in [3.63, 3.8) is 0 Å². The molecule has 1 aliphatic heterocycles. The minimum atomic E-state index is -0.744. The molecule has 0 fully saturated rings. The number of fused-ring (bicyclic) bond motifs is 1. The lowest BCUT2D eigenvalue weighted by Crippen LogP contribution is -2.40. The van der Waals surface area contributed by atoms with E-state index in [0.29, 0.717) is 26.4 Å². The van der Waals surface area contributed by atoms with Crippen LogP contribution in [0.3, 0.4) is 0 Å². The highest BCUT2D eigenvalue weighted by molar-refractivity contribution is 7.07. The van der Waals surface area contributed by atoms with Gasteiger partial charge in [0.2, 0.25) is 0 Å². The molecule has 0 amide bonds. The molecule has 0 saturated carbocycles. The lowest BCUT2D eigenvalue weighted by molar-refractivity contribution is -0.138. The number of thiazole rings is 1. The molecule has 0 saturated heterocycles. The topological polar surface area (TPSA) is 69.9 Å². The Morgan fingerprint density at radius 2 is 1.75 bits per heavy atom. The van der Waals surface area contributed by atoms with Gasteiger partial charge in [0.1, 0.15) is 5.75 Å². The summed E-state index contributed by atoms with van der Waals surface area (Å²) in [5.41, 5.74) is 4.27. The van der Waals surface area contributed by atoms with E-state index in [2.05, 4.69) is 32.9 Å². The van der Waals surface area contributed by atoms with Crippen LogP contribution < -0.4 is 19.6 Å². The van der Waals surface area contributed by atoms with Gasteiger partial charge in [0.05, 0.1) is 35.6 Å². The van der Waals surface area contributed by atoms with Crippen LogP contribution in [0.1, 0.15) is 56.0 Å². The van der Waals surface area contributed by atoms with Crippen LogP contribution in [0.15, 0.2) is 94.2 Å². The highest BCUT2D eigenvalue weighted by atomic mass is 32.1. The number of ether oxygens (including phenoxy) is 2. The second-order valence-electron chi connectivity index (χ2n) is 10.6. The molecular weight excluding hydrogens is 520 g/mol. The third-order valence-corrected chi connectivity index (χ3v) is 7.84. The fourth-order valence-corrected chi connectivity index (χ4v) is 5.80. The summed E-state index contributed by atoms with van der Waals surface area (Å²) >= 11 is 1.31. The third-order valence-electron chi connectivity index (χ3n) is 6.86. The zero-order chi connectivity index (χ0) is 28.4. The van der Waals surface area contributed by atoms with E-state index >= 15 is 0 Å². The van der Waals surface area contributed by atoms with Gasteiger partial charge in [-0.05, 0) is 47.2 Å². The van der Waals surface area contributed by atoms with Crippen LogP contribution in [0, 0.1) is 0 Å². The standard InChI is InChI=1S/C33H32N2O4S/c1-6-39-31(37)27-28(22-11-8-7-9-12-22)34-32-35(29(27)23-13-10-14-25(20-23)38-5)30(36)26(40-32)19-21-15-17-24(18-16-21)33(2,3)4/h7-20,29H,6H2,1-5H3/b26-19-/t29-/m0/s1. The normalized spacial score (nSPS) is 15.4. The van der Waals surface area contributed by atoms with E-state index in [1.165, 1.54) is 16.9 Å². The molecule has 0 spiro atoms. The smallest absolute Gasteiger partial charge is 0.338 e. The molecule has 3 aromatic carbocycles. The van der Waals surface area contributed by atoms with Crippen LogP contribution in [-0.2, 0) is 14.9 Å². The van der Waals surface area contributed by atoms with E-state index in [1.807, 2.05) is 72.8 Å². The van der Waals surface area contributed by atoms with Crippen molar-refractivity contribution in [2.75, 3.05) is 13.7 Å². The molecule has 0 N–H and O–H groups in total. The van der Waals surface area contributed by atoms with E-state index in [0.717, 1.165) is 16.7 Å². The molecule has 0 aliphatic carbocycles. The molecule has 204 valence electrons. The van der Waals surface area contributed by atoms with Gasteiger partial charge in [0.25, 0.3) is 5.56 Å². The fourth-order valence-electron chi connectivity index (χ4n) is 4.80. The Kier molecular flexibility index (Phi) is 7.59. The Balaban J connectivity index is 1.78. The van der Waals surface area contributed by atoms with Gasteiger partial charge in [-0.3, -0.25) is 9.36 Å². The van der Waals surface area contributed by atoms with Gasteiger partial charge < -0.3 is 9.47 Å². The number of benzene rings is 3. The summed E-state index contributed by atoms with van der Waals surface area (Å²) in [6.07, 6.45) is 1.88. The van der Waals surface area contributed by atoms with E-state index < -0.39 is 12.0 Å². The number of hydrogen-bond acceptors (Lipinski definition) is 6. The van der Waals surface area contributed by atoms with Crippen LogP contribution in [0.25, 0.3) is 11.8 Å². The summed E-state index contributed by atoms with van der Waals surface area (Å²) in [5.74, 6) is 0.116. The molecule has 0 bridgehead atoms. The van der Waals surface area contributed by atoms with E-state index in [-0.39, 0.29) is 17.6 Å². The van der Waals surface area contributed by atoms with Crippen molar-refractivity contribution in [2.45, 2.75) is 39.2 Å². The summed E-state index contributed by atoms with van der Waals surface area (Å²) in [4.78, 5) is 33.0. The quantitative estimate of drug-likeness (QED) is 0.307. The first-order valence-electron chi connectivity index (χ1n) is 13.2. The Morgan fingerprint density at radius 3 is 2.40 bits per heavy atom. The molecule has 0 unspecified atom stereocenters. The van der Waals surface area contributed by atoms with Crippen molar-refractivity contribution >= 4 is 29.1 Å². The zero-order valence-corrected chi connectivity index (χ0v) is 24.1. The first-order chi connectivity index (χ1) is 19.2. The molecule has 7 heteroatoms. The lowest BCUT2D eigenvalue weighted by Gasteiger charge is -2.26. The van der Waals surface area contributed by atoms with Crippen molar-refractivity contribution in [2.24, 2.45) is 4.99 Å². The largest absolute Gasteiger partial charge is 0.497 e. The Morgan fingerprint density at radius 1 is 1.02 bits per heavy atom. The molecule has 40 heavy (non-hydrogen) atoms. The van der Waals surface area contributed by atoms with Gasteiger partial charge >= 0.3 is 5.97 Å². The summed E-state index contributed by atoms with van der Waals surface area (Å²) in [7, 11) is 1.59. The van der Waals surface area contributed by atoms with Gasteiger partial charge in [0, 0.05) is 5.56 Å². The third kappa shape index (κ3) is 5.29. The fraction of sp³-hybridized carbons (Fsp3) is 0.242. The number of esters is 1. The first kappa shape index (κ1) is 27.3. The molecule has 5 rings (SSSR count). The van der Waals surface area contributed by atoms with Crippen LogP contribution in [0.2, 0.25) is 0 Å². The average Bonchev–Trinajstić information content (AvgIpc) is 3.26. The minimum absolute atomic E-state index is 0.0337. The van der Waals surface area contributed by atoms with Crippen molar-refractivity contribution in [1.29, 1.82) is 0 Å². The van der Waals surface area contributed by atoms with Crippen molar-refractivity contribution in [3.05, 3.63) is 126 Å². The van der Waals surface area contributed by atoms with Crippen molar-refractivity contribution < 1.29 is 14.3 Å². The van der Waals surface area contributed by atoms with E-state index in [4.69, 9.17) is 14.5 Å². The van der Waals surface area contributed by atoms with E-state index in [1.54, 1.807) is 18.6 Å². The molecule has 1 aromatic heterocycles. The highest BCUT2D eigenvalue weighted by Crippen LogP contribution is 2.36. The summed E-state index contributed by atoms with van der Waals surface area (Å²) in [5, 5.41) is 0. The number of rotatable bonds is 6. The van der Waals surface area contributed by atoms with Crippen LogP contribution in [0.5, 0.6) is 5.75 Å². The van der Waals surface area contributed by atoms with Gasteiger partial charge in [-0.15, -0.1) is 0 Å². The minimum Gasteiger partial charge on any atom is -0.497 e. The van der Waals surface area contributed by atoms with Crippen molar-refractivity contribution in [1.82, 2.24) is 4.57 Å². The number of methoxy groups -OCH3 is 1. The van der Waals surface area contributed by atoms with Crippen LogP contribution >= 0.6 is 11.3 Å². The molecular formula is C33H32N2O4S. The molecule has 1 aliphatic rings. The van der Waals surface area contributed by atoms with Crippen molar-refractivity contribution in [3.8, 4) is 5.75 Å². The molecule has 6 nitrogen and oxygen atoms in total.